The molecule has 0 atom stereocenters. The first-order valence-corrected chi connectivity index (χ1v) is 7.08. The fourth-order valence-corrected chi connectivity index (χ4v) is 2.49. The summed E-state index contributed by atoms with van der Waals surface area (Å²) >= 11 is 3.41. The highest BCUT2D eigenvalue weighted by molar-refractivity contribution is 9.10. The number of alkyl halides is 3. The first-order valence-electron chi connectivity index (χ1n) is 6.28. The van der Waals surface area contributed by atoms with Crippen molar-refractivity contribution in [2.24, 2.45) is 0 Å². The molecule has 0 fully saturated rings. The molecule has 1 heterocycles. The summed E-state index contributed by atoms with van der Waals surface area (Å²) < 4.78 is 38.5. The first kappa shape index (κ1) is 15.8. The number of nitrogens with zero attached hydrogens (tertiary/aromatic N) is 2. The fourth-order valence-electron chi connectivity index (χ4n) is 1.83. The van der Waals surface area contributed by atoms with Gasteiger partial charge in [0, 0.05) is 12.6 Å². The van der Waals surface area contributed by atoms with Gasteiger partial charge in [0.1, 0.15) is 5.82 Å². The molecular weight excluding hydrogens is 347 g/mol. The summed E-state index contributed by atoms with van der Waals surface area (Å²) in [7, 11) is 1.73. The van der Waals surface area contributed by atoms with Crippen LogP contribution in [-0.2, 0) is 12.6 Å². The summed E-state index contributed by atoms with van der Waals surface area (Å²) in [5.74, 6) is 1.00. The number of halogens is 4. The number of benzene rings is 1. The third kappa shape index (κ3) is 3.34. The van der Waals surface area contributed by atoms with E-state index in [1.165, 1.54) is 12.1 Å². The van der Waals surface area contributed by atoms with Crippen LogP contribution in [0.3, 0.4) is 0 Å². The molecule has 1 aromatic carbocycles. The molecule has 0 saturated heterocycles. The number of aryl methyl sites for hydroxylation is 1. The minimum atomic E-state index is -4.34. The second-order valence-electron chi connectivity index (χ2n) is 4.34. The Hall–Kier alpha value is -1.63. The predicted octanol–water partition coefficient (Wildman–Crippen LogP) is 4.53. The molecule has 0 aliphatic heterocycles. The summed E-state index contributed by atoms with van der Waals surface area (Å²) in [6.45, 7) is 1.95. The molecule has 1 aromatic heterocycles. The highest BCUT2D eigenvalue weighted by atomic mass is 79.9. The zero-order chi connectivity index (χ0) is 15.6. The van der Waals surface area contributed by atoms with Gasteiger partial charge >= 0.3 is 6.18 Å². The highest BCUT2D eigenvalue weighted by Gasteiger charge is 2.30. The smallest absolute Gasteiger partial charge is 0.372 e. The van der Waals surface area contributed by atoms with Gasteiger partial charge in [-0.3, -0.25) is 0 Å². The van der Waals surface area contributed by atoms with Crippen molar-refractivity contribution < 1.29 is 13.2 Å². The van der Waals surface area contributed by atoms with Crippen LogP contribution in [0.25, 0.3) is 11.4 Å². The quantitative estimate of drug-likeness (QED) is 0.874. The van der Waals surface area contributed by atoms with Crippen LogP contribution in [0.2, 0.25) is 0 Å². The van der Waals surface area contributed by atoms with Crippen LogP contribution < -0.4 is 5.32 Å². The van der Waals surface area contributed by atoms with Gasteiger partial charge in [0.2, 0.25) is 0 Å². The van der Waals surface area contributed by atoms with Crippen molar-refractivity contribution in [3.63, 3.8) is 0 Å². The van der Waals surface area contributed by atoms with Gasteiger partial charge in [-0.25, -0.2) is 9.97 Å². The van der Waals surface area contributed by atoms with Gasteiger partial charge < -0.3 is 5.32 Å². The van der Waals surface area contributed by atoms with Crippen molar-refractivity contribution >= 4 is 21.7 Å². The molecular formula is C14H13BrF3N3. The van der Waals surface area contributed by atoms with Crippen LogP contribution >= 0.6 is 15.9 Å². The van der Waals surface area contributed by atoms with Gasteiger partial charge in [0.25, 0.3) is 0 Å². The molecule has 0 unspecified atom stereocenters. The SMILES string of the molecule is CCc1nc(-c2ccc(C(F)(F)F)cc2)nc(NC)c1Br. The molecule has 3 nitrogen and oxygen atoms in total. The molecule has 0 bridgehead atoms. The molecule has 7 heteroatoms. The Kier molecular flexibility index (Phi) is 4.51. The summed E-state index contributed by atoms with van der Waals surface area (Å²) in [6, 6.07) is 4.83. The van der Waals surface area contributed by atoms with Gasteiger partial charge in [-0.05, 0) is 34.5 Å². The Morgan fingerprint density at radius 3 is 2.24 bits per heavy atom. The lowest BCUT2D eigenvalue weighted by atomic mass is 10.1. The molecule has 2 aromatic rings. The van der Waals surface area contributed by atoms with E-state index in [4.69, 9.17) is 0 Å². The number of nitrogens with one attached hydrogen (secondary N) is 1. The number of hydrogen-bond donors (Lipinski definition) is 1. The van der Waals surface area contributed by atoms with E-state index >= 15 is 0 Å². The van der Waals surface area contributed by atoms with E-state index in [9.17, 15) is 13.2 Å². The average Bonchev–Trinajstić information content (AvgIpc) is 2.47. The standard InChI is InChI=1S/C14H13BrF3N3/c1-3-10-11(15)13(19-2)21-12(20-10)8-4-6-9(7-5-8)14(16,17)18/h4-7H,3H2,1-2H3,(H,19,20,21). The Balaban J connectivity index is 2.47. The zero-order valence-electron chi connectivity index (χ0n) is 11.4. The van der Waals surface area contributed by atoms with Crippen LogP contribution in [0, 0.1) is 0 Å². The molecule has 0 spiro atoms. The molecule has 1 N–H and O–H groups in total. The van der Waals surface area contributed by atoms with E-state index in [1.54, 1.807) is 7.05 Å². The minimum Gasteiger partial charge on any atom is -0.372 e. The van der Waals surface area contributed by atoms with E-state index in [0.717, 1.165) is 22.3 Å². The normalized spacial score (nSPS) is 11.5. The average molecular weight is 360 g/mol. The van der Waals surface area contributed by atoms with Crippen molar-refractivity contribution in [1.82, 2.24) is 9.97 Å². The third-order valence-electron chi connectivity index (χ3n) is 2.96. The van der Waals surface area contributed by atoms with E-state index < -0.39 is 11.7 Å². The topological polar surface area (TPSA) is 37.8 Å². The lowest BCUT2D eigenvalue weighted by Gasteiger charge is -2.11. The Morgan fingerprint density at radius 2 is 1.76 bits per heavy atom. The third-order valence-corrected chi connectivity index (χ3v) is 3.80. The van der Waals surface area contributed by atoms with Gasteiger partial charge in [0.15, 0.2) is 5.82 Å². The second-order valence-corrected chi connectivity index (χ2v) is 5.13. The maximum atomic E-state index is 12.6. The fraction of sp³-hybridized carbons (Fsp3) is 0.286. The van der Waals surface area contributed by atoms with Gasteiger partial charge in [-0.1, -0.05) is 19.1 Å². The lowest BCUT2D eigenvalue weighted by Crippen LogP contribution is -2.05. The number of anilines is 1. The summed E-state index contributed by atoms with van der Waals surface area (Å²) in [5.41, 5.74) is 0.652. The summed E-state index contributed by atoms with van der Waals surface area (Å²) in [4.78, 5) is 8.69. The Labute approximate surface area is 128 Å². The summed E-state index contributed by atoms with van der Waals surface area (Å²) in [5, 5.41) is 2.94. The minimum absolute atomic E-state index is 0.396. The van der Waals surface area contributed by atoms with Crippen molar-refractivity contribution in [3.8, 4) is 11.4 Å². The van der Waals surface area contributed by atoms with Crippen LogP contribution in [0.1, 0.15) is 18.2 Å². The molecule has 112 valence electrons. The molecule has 0 aliphatic rings. The predicted molar refractivity (Wildman–Crippen MR) is 79.1 cm³/mol. The van der Waals surface area contributed by atoms with E-state index in [2.05, 4.69) is 31.2 Å². The van der Waals surface area contributed by atoms with Crippen molar-refractivity contribution in [2.45, 2.75) is 19.5 Å². The maximum absolute atomic E-state index is 12.6. The number of hydrogen-bond acceptors (Lipinski definition) is 3. The van der Waals surface area contributed by atoms with Crippen molar-refractivity contribution in [3.05, 3.63) is 40.0 Å². The van der Waals surface area contributed by atoms with Gasteiger partial charge in [-0.2, -0.15) is 13.2 Å². The molecule has 0 aliphatic carbocycles. The van der Waals surface area contributed by atoms with E-state index in [0.29, 0.717) is 23.6 Å². The van der Waals surface area contributed by atoms with E-state index in [-0.39, 0.29) is 0 Å². The molecule has 21 heavy (non-hydrogen) atoms. The number of rotatable bonds is 3. The van der Waals surface area contributed by atoms with Gasteiger partial charge in [0.05, 0.1) is 15.7 Å². The maximum Gasteiger partial charge on any atom is 0.416 e. The van der Waals surface area contributed by atoms with Gasteiger partial charge in [-0.15, -0.1) is 0 Å². The van der Waals surface area contributed by atoms with Crippen molar-refractivity contribution in [1.29, 1.82) is 0 Å². The first-order chi connectivity index (χ1) is 9.86. The van der Waals surface area contributed by atoms with Crippen LogP contribution in [-0.4, -0.2) is 17.0 Å². The monoisotopic (exact) mass is 359 g/mol. The lowest BCUT2D eigenvalue weighted by molar-refractivity contribution is -0.137. The largest absolute Gasteiger partial charge is 0.416 e. The van der Waals surface area contributed by atoms with Crippen molar-refractivity contribution in [2.75, 3.05) is 12.4 Å². The van der Waals surface area contributed by atoms with Crippen LogP contribution in [0.5, 0.6) is 0 Å². The molecule has 0 radical (unpaired) electrons. The highest BCUT2D eigenvalue weighted by Crippen LogP contribution is 2.31. The Morgan fingerprint density at radius 1 is 1.14 bits per heavy atom. The number of aromatic nitrogens is 2. The molecule has 0 saturated carbocycles. The van der Waals surface area contributed by atoms with Crippen LogP contribution in [0.4, 0.5) is 19.0 Å². The Bertz CT molecular complexity index is 614. The molecule has 2 rings (SSSR count). The zero-order valence-corrected chi connectivity index (χ0v) is 13.0. The summed E-state index contributed by atoms with van der Waals surface area (Å²) in [6.07, 6.45) is -3.66. The van der Waals surface area contributed by atoms with Crippen LogP contribution in [0.15, 0.2) is 28.7 Å². The van der Waals surface area contributed by atoms with E-state index in [1.807, 2.05) is 6.92 Å². The molecule has 0 amide bonds. The second kappa shape index (κ2) is 6.01.